The lowest BCUT2D eigenvalue weighted by Crippen LogP contribution is -2.47. The number of carbonyl (C=O) groups is 1. The number of amides is 1. The average Bonchev–Trinajstić information content (AvgIpc) is 2.15. The SMILES string of the molecule is CCCCN1C(=O)OCCC1CO. The molecule has 4 nitrogen and oxygen atoms in total. The third-order valence-electron chi connectivity index (χ3n) is 2.32. The fourth-order valence-electron chi connectivity index (χ4n) is 1.46. The molecule has 1 aliphatic rings. The van der Waals surface area contributed by atoms with Crippen LogP contribution < -0.4 is 0 Å². The summed E-state index contributed by atoms with van der Waals surface area (Å²) in [6.45, 7) is 3.25. The second-order valence-corrected chi connectivity index (χ2v) is 3.29. The van der Waals surface area contributed by atoms with Crippen molar-refractivity contribution >= 4 is 6.09 Å². The van der Waals surface area contributed by atoms with Crippen molar-refractivity contribution in [2.24, 2.45) is 0 Å². The van der Waals surface area contributed by atoms with Crippen molar-refractivity contribution in [3.63, 3.8) is 0 Å². The molecule has 13 heavy (non-hydrogen) atoms. The van der Waals surface area contributed by atoms with Crippen LogP contribution in [-0.4, -0.2) is 41.9 Å². The van der Waals surface area contributed by atoms with Gasteiger partial charge in [0.1, 0.15) is 0 Å². The zero-order chi connectivity index (χ0) is 9.68. The molecule has 1 fully saturated rings. The molecular weight excluding hydrogens is 170 g/mol. The first-order chi connectivity index (χ1) is 6.29. The highest BCUT2D eigenvalue weighted by Crippen LogP contribution is 2.13. The van der Waals surface area contributed by atoms with Gasteiger partial charge in [-0.05, 0) is 6.42 Å². The molecule has 0 aliphatic carbocycles. The number of ether oxygens (including phenoxy) is 1. The molecule has 0 saturated carbocycles. The molecule has 1 atom stereocenters. The van der Waals surface area contributed by atoms with Gasteiger partial charge in [-0.25, -0.2) is 4.79 Å². The zero-order valence-electron chi connectivity index (χ0n) is 8.03. The first kappa shape index (κ1) is 10.3. The van der Waals surface area contributed by atoms with Gasteiger partial charge in [0.15, 0.2) is 0 Å². The summed E-state index contributed by atoms with van der Waals surface area (Å²) in [5.41, 5.74) is 0. The Kier molecular flexibility index (Phi) is 4.02. The maximum absolute atomic E-state index is 11.3. The summed E-state index contributed by atoms with van der Waals surface area (Å²) < 4.78 is 4.90. The molecule has 0 bridgehead atoms. The van der Waals surface area contributed by atoms with E-state index in [-0.39, 0.29) is 18.7 Å². The van der Waals surface area contributed by atoms with Gasteiger partial charge in [0, 0.05) is 13.0 Å². The van der Waals surface area contributed by atoms with E-state index in [1.165, 1.54) is 0 Å². The molecule has 0 aromatic rings. The lowest BCUT2D eigenvalue weighted by molar-refractivity contribution is 0.0247. The fraction of sp³-hybridized carbons (Fsp3) is 0.889. The Bertz CT molecular complexity index is 172. The first-order valence-electron chi connectivity index (χ1n) is 4.83. The van der Waals surface area contributed by atoms with Gasteiger partial charge in [-0.1, -0.05) is 13.3 Å². The largest absolute Gasteiger partial charge is 0.449 e. The van der Waals surface area contributed by atoms with E-state index in [1.807, 2.05) is 0 Å². The van der Waals surface area contributed by atoms with Gasteiger partial charge < -0.3 is 14.7 Å². The lowest BCUT2D eigenvalue weighted by atomic mass is 10.1. The van der Waals surface area contributed by atoms with Crippen LogP contribution in [0.4, 0.5) is 4.79 Å². The number of carbonyl (C=O) groups excluding carboxylic acids is 1. The normalized spacial score (nSPS) is 23.1. The first-order valence-corrected chi connectivity index (χ1v) is 4.83. The summed E-state index contributed by atoms with van der Waals surface area (Å²) in [4.78, 5) is 12.9. The monoisotopic (exact) mass is 187 g/mol. The van der Waals surface area contributed by atoms with Gasteiger partial charge in [-0.3, -0.25) is 0 Å². The summed E-state index contributed by atoms with van der Waals surface area (Å²) in [7, 11) is 0. The topological polar surface area (TPSA) is 49.8 Å². The maximum atomic E-state index is 11.3. The van der Waals surface area contributed by atoms with Crippen LogP contribution >= 0.6 is 0 Å². The van der Waals surface area contributed by atoms with Crippen LogP contribution in [-0.2, 0) is 4.74 Å². The second kappa shape index (κ2) is 5.07. The standard InChI is InChI=1S/C9H17NO3/c1-2-3-5-10-8(7-11)4-6-13-9(10)12/h8,11H,2-7H2,1H3. The molecule has 0 radical (unpaired) electrons. The van der Waals surface area contributed by atoms with Gasteiger partial charge in [0.05, 0.1) is 19.3 Å². The smallest absolute Gasteiger partial charge is 0.410 e. The van der Waals surface area contributed by atoms with Crippen molar-refractivity contribution in [2.75, 3.05) is 19.8 Å². The van der Waals surface area contributed by atoms with E-state index in [2.05, 4.69) is 6.92 Å². The summed E-state index contributed by atoms with van der Waals surface area (Å²) in [6, 6.07) is -0.0344. The summed E-state index contributed by atoms with van der Waals surface area (Å²) in [5.74, 6) is 0. The quantitative estimate of drug-likeness (QED) is 0.714. The van der Waals surface area contributed by atoms with E-state index in [9.17, 15) is 4.79 Å². The molecule has 4 heteroatoms. The van der Waals surface area contributed by atoms with Gasteiger partial charge in [0.25, 0.3) is 0 Å². The van der Waals surface area contributed by atoms with E-state index in [4.69, 9.17) is 9.84 Å². The van der Waals surface area contributed by atoms with Crippen LogP contribution in [0.3, 0.4) is 0 Å². The number of aliphatic hydroxyl groups is 1. The highest BCUT2D eigenvalue weighted by atomic mass is 16.6. The number of nitrogens with zero attached hydrogens (tertiary/aromatic N) is 1. The van der Waals surface area contributed by atoms with E-state index in [1.54, 1.807) is 4.90 Å². The van der Waals surface area contributed by atoms with E-state index in [0.29, 0.717) is 13.2 Å². The van der Waals surface area contributed by atoms with E-state index >= 15 is 0 Å². The Morgan fingerprint density at radius 1 is 1.69 bits per heavy atom. The van der Waals surface area contributed by atoms with Crippen molar-refractivity contribution in [3.8, 4) is 0 Å². The predicted molar refractivity (Wildman–Crippen MR) is 48.5 cm³/mol. The van der Waals surface area contributed by atoms with Crippen molar-refractivity contribution in [2.45, 2.75) is 32.2 Å². The van der Waals surface area contributed by atoms with Crippen LogP contribution in [0, 0.1) is 0 Å². The van der Waals surface area contributed by atoms with Crippen LogP contribution in [0.15, 0.2) is 0 Å². The predicted octanol–water partition coefficient (Wildman–Crippen LogP) is 0.990. The minimum Gasteiger partial charge on any atom is -0.449 e. The number of unbranched alkanes of at least 4 members (excludes halogenated alkanes) is 1. The third kappa shape index (κ3) is 2.59. The third-order valence-corrected chi connectivity index (χ3v) is 2.32. The number of cyclic esters (lactones) is 1. The Morgan fingerprint density at radius 2 is 2.46 bits per heavy atom. The maximum Gasteiger partial charge on any atom is 0.410 e. The fourth-order valence-corrected chi connectivity index (χ4v) is 1.46. The Hall–Kier alpha value is -0.770. The molecule has 0 aromatic heterocycles. The van der Waals surface area contributed by atoms with Gasteiger partial charge in [0.2, 0.25) is 0 Å². The van der Waals surface area contributed by atoms with Crippen molar-refractivity contribution in [1.29, 1.82) is 0 Å². The molecular formula is C9H17NO3. The number of aliphatic hydroxyl groups excluding tert-OH is 1. The number of hydrogen-bond donors (Lipinski definition) is 1. The van der Waals surface area contributed by atoms with Crippen molar-refractivity contribution in [1.82, 2.24) is 4.90 Å². The molecule has 1 saturated heterocycles. The van der Waals surface area contributed by atoms with E-state index < -0.39 is 0 Å². The minimum atomic E-state index is -0.279. The lowest BCUT2D eigenvalue weighted by Gasteiger charge is -2.33. The Balaban J connectivity index is 2.46. The van der Waals surface area contributed by atoms with Gasteiger partial charge in [-0.15, -0.1) is 0 Å². The number of hydrogen-bond acceptors (Lipinski definition) is 3. The molecule has 1 N–H and O–H groups in total. The average molecular weight is 187 g/mol. The summed E-state index contributed by atoms with van der Waals surface area (Å²) >= 11 is 0. The summed E-state index contributed by atoms with van der Waals surface area (Å²) in [6.07, 6.45) is 2.47. The minimum absolute atomic E-state index is 0.0344. The Morgan fingerprint density at radius 3 is 3.08 bits per heavy atom. The van der Waals surface area contributed by atoms with Crippen LogP contribution in [0.2, 0.25) is 0 Å². The molecule has 1 amide bonds. The van der Waals surface area contributed by atoms with E-state index in [0.717, 1.165) is 19.3 Å². The van der Waals surface area contributed by atoms with Crippen LogP contribution in [0.1, 0.15) is 26.2 Å². The number of rotatable bonds is 4. The molecule has 1 unspecified atom stereocenters. The zero-order valence-corrected chi connectivity index (χ0v) is 8.03. The molecule has 1 aliphatic heterocycles. The Labute approximate surface area is 78.5 Å². The van der Waals surface area contributed by atoms with Crippen LogP contribution in [0.5, 0.6) is 0 Å². The molecule has 1 heterocycles. The van der Waals surface area contributed by atoms with Crippen molar-refractivity contribution in [3.05, 3.63) is 0 Å². The molecule has 0 aromatic carbocycles. The second-order valence-electron chi connectivity index (χ2n) is 3.29. The van der Waals surface area contributed by atoms with Gasteiger partial charge in [-0.2, -0.15) is 0 Å². The van der Waals surface area contributed by atoms with Crippen molar-refractivity contribution < 1.29 is 14.6 Å². The van der Waals surface area contributed by atoms with Crippen LogP contribution in [0.25, 0.3) is 0 Å². The highest BCUT2D eigenvalue weighted by molar-refractivity contribution is 5.68. The molecule has 1 rings (SSSR count). The summed E-state index contributed by atoms with van der Waals surface area (Å²) in [5, 5.41) is 9.03. The molecule has 0 spiro atoms. The highest BCUT2D eigenvalue weighted by Gasteiger charge is 2.28. The van der Waals surface area contributed by atoms with Gasteiger partial charge >= 0.3 is 6.09 Å². The molecule has 76 valence electrons.